The number of aryl methyl sites for hydroxylation is 1. The van der Waals surface area contributed by atoms with Crippen LogP contribution >= 0.6 is 0 Å². The van der Waals surface area contributed by atoms with Gasteiger partial charge >= 0.3 is 0 Å². The van der Waals surface area contributed by atoms with E-state index in [9.17, 15) is 9.00 Å². The molecule has 0 aliphatic rings. The van der Waals surface area contributed by atoms with Gasteiger partial charge in [-0.3, -0.25) is 9.00 Å². The Morgan fingerprint density at radius 3 is 2.79 bits per heavy atom. The molecular weight excluding hydrogens is 260 g/mol. The molecule has 1 amide bonds. The molecule has 0 aliphatic carbocycles. The minimum absolute atomic E-state index is 0.0226. The fraction of sp³-hybridized carbons (Fsp3) is 0.500. The summed E-state index contributed by atoms with van der Waals surface area (Å²) in [6.45, 7) is 3.20. The van der Waals surface area contributed by atoms with Crippen LogP contribution in [0.4, 0.5) is 0 Å². The van der Waals surface area contributed by atoms with Gasteiger partial charge in [-0.2, -0.15) is 0 Å². The second kappa shape index (κ2) is 8.07. The first-order valence-corrected chi connectivity index (χ1v) is 7.75. The molecule has 0 aromatic heterocycles. The van der Waals surface area contributed by atoms with Gasteiger partial charge in [-0.15, -0.1) is 0 Å². The summed E-state index contributed by atoms with van der Waals surface area (Å²) in [7, 11) is 0.649. The van der Waals surface area contributed by atoms with Gasteiger partial charge < -0.3 is 10.6 Å². The first-order chi connectivity index (χ1) is 9.04. The van der Waals surface area contributed by atoms with Gasteiger partial charge in [0.25, 0.3) is 0 Å². The second-order valence-electron chi connectivity index (χ2n) is 4.57. The van der Waals surface area contributed by atoms with Gasteiger partial charge in [0.2, 0.25) is 5.91 Å². The standard InChI is InChI=1S/C14H22N2O2S/c1-12-5-3-6-13(11-12)19(18)10-7-14(17)16(2)9-4-8-15/h3,5-6,11H,4,7-10,15H2,1-2H3. The summed E-state index contributed by atoms with van der Waals surface area (Å²) in [5.74, 6) is 0.393. The molecule has 0 radical (unpaired) electrons. The molecule has 1 unspecified atom stereocenters. The van der Waals surface area contributed by atoms with Crippen LogP contribution in [-0.2, 0) is 15.6 Å². The van der Waals surface area contributed by atoms with E-state index < -0.39 is 10.8 Å². The van der Waals surface area contributed by atoms with Crippen LogP contribution in [0.3, 0.4) is 0 Å². The molecule has 1 atom stereocenters. The van der Waals surface area contributed by atoms with Crippen molar-refractivity contribution in [3.05, 3.63) is 29.8 Å². The van der Waals surface area contributed by atoms with Crippen LogP contribution in [0.1, 0.15) is 18.4 Å². The minimum Gasteiger partial charge on any atom is -0.346 e. The first-order valence-electron chi connectivity index (χ1n) is 6.43. The lowest BCUT2D eigenvalue weighted by Gasteiger charge is -2.16. The lowest BCUT2D eigenvalue weighted by molar-refractivity contribution is -0.129. The molecule has 2 N–H and O–H groups in total. The quantitative estimate of drug-likeness (QED) is 0.820. The van der Waals surface area contributed by atoms with Crippen molar-refractivity contribution < 1.29 is 9.00 Å². The Morgan fingerprint density at radius 1 is 1.42 bits per heavy atom. The predicted octanol–water partition coefficient (Wildman–Crippen LogP) is 1.30. The maximum Gasteiger partial charge on any atom is 0.223 e. The molecule has 0 saturated carbocycles. The maximum absolute atomic E-state index is 12.1. The number of nitrogens with zero attached hydrogens (tertiary/aromatic N) is 1. The zero-order chi connectivity index (χ0) is 14.3. The van der Waals surface area contributed by atoms with Crippen molar-refractivity contribution >= 4 is 16.7 Å². The number of carbonyl (C=O) groups is 1. The van der Waals surface area contributed by atoms with E-state index in [4.69, 9.17) is 5.73 Å². The van der Waals surface area contributed by atoms with E-state index in [0.29, 0.717) is 25.3 Å². The van der Waals surface area contributed by atoms with Crippen molar-refractivity contribution in [3.63, 3.8) is 0 Å². The van der Waals surface area contributed by atoms with E-state index in [1.165, 1.54) is 0 Å². The summed E-state index contributed by atoms with van der Waals surface area (Å²) in [6, 6.07) is 7.59. The highest BCUT2D eigenvalue weighted by molar-refractivity contribution is 7.85. The minimum atomic E-state index is -1.11. The van der Waals surface area contributed by atoms with Crippen molar-refractivity contribution in [3.8, 4) is 0 Å². The molecule has 0 fully saturated rings. The summed E-state index contributed by atoms with van der Waals surface area (Å²) < 4.78 is 12.1. The van der Waals surface area contributed by atoms with Crippen LogP contribution in [0.2, 0.25) is 0 Å². The molecule has 1 rings (SSSR count). The zero-order valence-corrected chi connectivity index (χ0v) is 12.4. The highest BCUT2D eigenvalue weighted by Gasteiger charge is 2.11. The summed E-state index contributed by atoms with van der Waals surface area (Å²) in [5.41, 5.74) is 6.48. The Hall–Kier alpha value is -1.20. The van der Waals surface area contributed by atoms with Gasteiger partial charge in [-0.1, -0.05) is 12.1 Å². The third kappa shape index (κ3) is 5.53. The van der Waals surface area contributed by atoms with E-state index in [-0.39, 0.29) is 5.91 Å². The lowest BCUT2D eigenvalue weighted by Crippen LogP contribution is -2.29. The number of hydrogen-bond donors (Lipinski definition) is 1. The van der Waals surface area contributed by atoms with Gasteiger partial charge in [-0.25, -0.2) is 0 Å². The largest absolute Gasteiger partial charge is 0.346 e. The van der Waals surface area contributed by atoms with Crippen molar-refractivity contribution in [2.75, 3.05) is 25.9 Å². The van der Waals surface area contributed by atoms with E-state index in [1.54, 1.807) is 11.9 Å². The number of rotatable bonds is 7. The maximum atomic E-state index is 12.1. The van der Waals surface area contributed by atoms with Crippen LogP contribution in [0, 0.1) is 6.92 Å². The number of hydrogen-bond acceptors (Lipinski definition) is 3. The first kappa shape index (κ1) is 15.9. The molecule has 0 heterocycles. The normalized spacial score (nSPS) is 12.2. The third-order valence-electron chi connectivity index (χ3n) is 2.88. The van der Waals surface area contributed by atoms with Crippen LogP contribution in [0.5, 0.6) is 0 Å². The van der Waals surface area contributed by atoms with Crippen molar-refractivity contribution in [2.45, 2.75) is 24.7 Å². The molecule has 1 aromatic carbocycles. The van der Waals surface area contributed by atoms with Crippen LogP contribution < -0.4 is 5.73 Å². The van der Waals surface area contributed by atoms with E-state index in [1.807, 2.05) is 31.2 Å². The monoisotopic (exact) mass is 282 g/mol. The topological polar surface area (TPSA) is 63.4 Å². The van der Waals surface area contributed by atoms with Crippen molar-refractivity contribution in [1.82, 2.24) is 4.90 Å². The van der Waals surface area contributed by atoms with Crippen LogP contribution in [0.15, 0.2) is 29.2 Å². The van der Waals surface area contributed by atoms with Gasteiger partial charge in [0, 0.05) is 30.7 Å². The van der Waals surface area contributed by atoms with Crippen molar-refractivity contribution in [1.29, 1.82) is 0 Å². The van der Waals surface area contributed by atoms with Crippen LogP contribution in [-0.4, -0.2) is 40.9 Å². The van der Waals surface area contributed by atoms with E-state index in [2.05, 4.69) is 0 Å². The molecule has 0 aliphatic heterocycles. The molecule has 0 bridgehead atoms. The molecule has 0 spiro atoms. The average Bonchev–Trinajstić information content (AvgIpc) is 2.41. The van der Waals surface area contributed by atoms with Gasteiger partial charge in [0.05, 0.1) is 10.8 Å². The molecule has 5 heteroatoms. The predicted molar refractivity (Wildman–Crippen MR) is 78.4 cm³/mol. The average molecular weight is 282 g/mol. The molecule has 4 nitrogen and oxygen atoms in total. The highest BCUT2D eigenvalue weighted by Crippen LogP contribution is 2.10. The second-order valence-corrected chi connectivity index (χ2v) is 6.14. The third-order valence-corrected chi connectivity index (χ3v) is 4.23. The summed E-state index contributed by atoms with van der Waals surface area (Å²) >= 11 is 0. The summed E-state index contributed by atoms with van der Waals surface area (Å²) in [4.78, 5) is 14.2. The molecule has 1 aromatic rings. The van der Waals surface area contributed by atoms with E-state index in [0.717, 1.165) is 16.9 Å². The summed E-state index contributed by atoms with van der Waals surface area (Å²) in [6.07, 6.45) is 1.10. The fourth-order valence-electron chi connectivity index (χ4n) is 1.70. The Balaban J connectivity index is 2.44. The number of nitrogens with two attached hydrogens (primary N) is 1. The molecule has 19 heavy (non-hydrogen) atoms. The Kier molecular flexibility index (Phi) is 6.73. The fourth-order valence-corrected chi connectivity index (χ4v) is 2.84. The van der Waals surface area contributed by atoms with Crippen LogP contribution in [0.25, 0.3) is 0 Å². The number of amides is 1. The Labute approximate surface area is 117 Å². The Morgan fingerprint density at radius 2 is 2.16 bits per heavy atom. The number of carbonyl (C=O) groups excluding carboxylic acids is 1. The van der Waals surface area contributed by atoms with Gasteiger partial charge in [0.15, 0.2) is 0 Å². The Bertz CT molecular complexity index is 449. The van der Waals surface area contributed by atoms with E-state index >= 15 is 0 Å². The highest BCUT2D eigenvalue weighted by atomic mass is 32.2. The SMILES string of the molecule is Cc1cccc(S(=O)CCC(=O)N(C)CCCN)c1. The molecular formula is C14H22N2O2S. The summed E-state index contributed by atoms with van der Waals surface area (Å²) in [5, 5.41) is 0. The zero-order valence-electron chi connectivity index (χ0n) is 11.6. The lowest BCUT2D eigenvalue weighted by atomic mass is 10.2. The smallest absolute Gasteiger partial charge is 0.223 e. The molecule has 0 saturated heterocycles. The van der Waals surface area contributed by atoms with Gasteiger partial charge in [-0.05, 0) is 37.6 Å². The van der Waals surface area contributed by atoms with Gasteiger partial charge in [0.1, 0.15) is 0 Å². The number of benzene rings is 1. The molecule has 106 valence electrons. The van der Waals surface area contributed by atoms with Crippen molar-refractivity contribution in [2.24, 2.45) is 5.73 Å².